The van der Waals surface area contributed by atoms with Crippen molar-refractivity contribution in [2.24, 2.45) is 5.92 Å². The SMILES string of the molecule is O=C(O)C1CCC(NC(=O)N2CCCC3(CCCc4ccccc43)C2)CC1. The highest BCUT2D eigenvalue weighted by Crippen LogP contribution is 2.43. The average Bonchev–Trinajstić information content (AvgIpc) is 2.69. The highest BCUT2D eigenvalue weighted by Gasteiger charge is 2.41. The molecule has 0 bridgehead atoms. The fourth-order valence-electron chi connectivity index (χ4n) is 5.49. The van der Waals surface area contributed by atoms with Crippen LogP contribution in [0.2, 0.25) is 0 Å². The maximum absolute atomic E-state index is 12.9. The second-order valence-electron chi connectivity index (χ2n) is 8.65. The van der Waals surface area contributed by atoms with Crippen LogP contribution in [0.4, 0.5) is 4.79 Å². The lowest BCUT2D eigenvalue weighted by Crippen LogP contribution is -2.54. The van der Waals surface area contributed by atoms with Crippen molar-refractivity contribution < 1.29 is 14.7 Å². The van der Waals surface area contributed by atoms with Crippen LogP contribution in [0, 0.1) is 5.92 Å². The summed E-state index contributed by atoms with van der Waals surface area (Å²) in [5.74, 6) is -0.941. The molecular formula is C22H30N2O3. The zero-order valence-corrected chi connectivity index (χ0v) is 16.0. The smallest absolute Gasteiger partial charge is 0.317 e. The molecule has 4 rings (SSSR count). The van der Waals surface area contributed by atoms with Crippen molar-refractivity contribution in [3.8, 4) is 0 Å². The van der Waals surface area contributed by atoms with Gasteiger partial charge in [-0.05, 0) is 68.9 Å². The summed E-state index contributed by atoms with van der Waals surface area (Å²) in [6, 6.07) is 8.92. The Morgan fingerprint density at radius 3 is 2.59 bits per heavy atom. The highest BCUT2D eigenvalue weighted by atomic mass is 16.4. The minimum Gasteiger partial charge on any atom is -0.481 e. The predicted molar refractivity (Wildman–Crippen MR) is 104 cm³/mol. The van der Waals surface area contributed by atoms with Gasteiger partial charge in [-0.15, -0.1) is 0 Å². The molecule has 146 valence electrons. The van der Waals surface area contributed by atoms with E-state index in [-0.39, 0.29) is 23.4 Å². The van der Waals surface area contributed by atoms with Crippen LogP contribution in [0.25, 0.3) is 0 Å². The van der Waals surface area contributed by atoms with E-state index < -0.39 is 5.97 Å². The quantitative estimate of drug-likeness (QED) is 0.834. The van der Waals surface area contributed by atoms with Gasteiger partial charge in [0.05, 0.1) is 5.92 Å². The number of amides is 2. The number of carboxylic acid groups (broad SMARTS) is 1. The van der Waals surface area contributed by atoms with Crippen molar-refractivity contribution in [2.75, 3.05) is 13.1 Å². The van der Waals surface area contributed by atoms with Crippen LogP contribution in [-0.2, 0) is 16.6 Å². The van der Waals surface area contributed by atoms with Crippen LogP contribution < -0.4 is 5.32 Å². The number of aliphatic carboxylic acids is 1. The van der Waals surface area contributed by atoms with Crippen molar-refractivity contribution in [3.63, 3.8) is 0 Å². The Balaban J connectivity index is 1.41. The number of piperidine rings is 1. The van der Waals surface area contributed by atoms with Crippen LogP contribution in [0.15, 0.2) is 24.3 Å². The Morgan fingerprint density at radius 1 is 1.07 bits per heavy atom. The van der Waals surface area contributed by atoms with Crippen molar-refractivity contribution in [2.45, 2.75) is 69.2 Å². The first kappa shape index (κ1) is 18.3. The van der Waals surface area contributed by atoms with Crippen LogP contribution >= 0.6 is 0 Å². The van der Waals surface area contributed by atoms with Crippen LogP contribution in [0.3, 0.4) is 0 Å². The number of nitrogens with zero attached hydrogens (tertiary/aromatic N) is 1. The summed E-state index contributed by atoms with van der Waals surface area (Å²) in [4.78, 5) is 26.0. The van der Waals surface area contributed by atoms with E-state index in [1.54, 1.807) is 0 Å². The van der Waals surface area contributed by atoms with E-state index in [0.717, 1.165) is 51.6 Å². The van der Waals surface area contributed by atoms with E-state index in [4.69, 9.17) is 5.11 Å². The topological polar surface area (TPSA) is 69.6 Å². The Hall–Kier alpha value is -2.04. The Kier molecular flexibility index (Phi) is 5.11. The zero-order valence-electron chi connectivity index (χ0n) is 16.0. The van der Waals surface area contributed by atoms with Crippen molar-refractivity contribution in [3.05, 3.63) is 35.4 Å². The molecule has 1 unspecified atom stereocenters. The number of aryl methyl sites for hydroxylation is 1. The van der Waals surface area contributed by atoms with Gasteiger partial charge in [-0.3, -0.25) is 4.79 Å². The molecule has 1 heterocycles. The fourth-order valence-corrected chi connectivity index (χ4v) is 5.49. The van der Waals surface area contributed by atoms with Gasteiger partial charge in [0.15, 0.2) is 0 Å². The number of hydrogen-bond acceptors (Lipinski definition) is 2. The minimum absolute atomic E-state index is 0.0379. The lowest BCUT2D eigenvalue weighted by atomic mass is 9.66. The van der Waals surface area contributed by atoms with E-state index in [1.807, 2.05) is 4.90 Å². The lowest BCUT2D eigenvalue weighted by molar-refractivity contribution is -0.142. The van der Waals surface area contributed by atoms with Gasteiger partial charge < -0.3 is 15.3 Å². The summed E-state index contributed by atoms with van der Waals surface area (Å²) in [5.41, 5.74) is 3.03. The van der Waals surface area contributed by atoms with Crippen LogP contribution in [0.1, 0.15) is 62.5 Å². The monoisotopic (exact) mass is 370 g/mol. The van der Waals surface area contributed by atoms with Gasteiger partial charge >= 0.3 is 12.0 Å². The molecule has 5 heteroatoms. The van der Waals surface area contributed by atoms with E-state index in [9.17, 15) is 9.59 Å². The Morgan fingerprint density at radius 2 is 1.81 bits per heavy atom. The molecule has 2 N–H and O–H groups in total. The van der Waals surface area contributed by atoms with E-state index in [2.05, 4.69) is 29.6 Å². The van der Waals surface area contributed by atoms with Crippen molar-refractivity contribution in [1.82, 2.24) is 10.2 Å². The zero-order chi connectivity index (χ0) is 18.9. The fraction of sp³-hybridized carbons (Fsp3) is 0.636. The first-order valence-electron chi connectivity index (χ1n) is 10.4. The number of rotatable bonds is 2. The third kappa shape index (κ3) is 3.69. The molecule has 1 atom stereocenters. The van der Waals surface area contributed by atoms with Gasteiger partial charge in [-0.25, -0.2) is 4.79 Å². The maximum atomic E-state index is 12.9. The molecule has 0 aromatic heterocycles. The number of carbonyl (C=O) groups excluding carboxylic acids is 1. The van der Waals surface area contributed by atoms with Gasteiger partial charge in [0.2, 0.25) is 0 Å². The van der Waals surface area contributed by atoms with Gasteiger partial charge in [0, 0.05) is 24.5 Å². The third-order valence-electron chi connectivity index (χ3n) is 6.96. The van der Waals surface area contributed by atoms with Gasteiger partial charge in [0.1, 0.15) is 0 Å². The number of benzene rings is 1. The molecule has 5 nitrogen and oxygen atoms in total. The molecule has 27 heavy (non-hydrogen) atoms. The number of carbonyl (C=O) groups is 2. The van der Waals surface area contributed by atoms with Gasteiger partial charge in [-0.1, -0.05) is 24.3 Å². The molecule has 1 aromatic rings. The molecule has 1 aromatic carbocycles. The lowest BCUT2D eigenvalue weighted by Gasteiger charge is -2.46. The normalized spacial score (nSPS) is 30.6. The molecule has 2 aliphatic carbocycles. The molecule has 1 aliphatic heterocycles. The number of urea groups is 1. The molecule has 2 fully saturated rings. The predicted octanol–water partition coefficient (Wildman–Crippen LogP) is 3.71. The van der Waals surface area contributed by atoms with Gasteiger partial charge in [0.25, 0.3) is 0 Å². The third-order valence-corrected chi connectivity index (χ3v) is 6.96. The molecule has 1 saturated heterocycles. The Labute approximate surface area is 161 Å². The summed E-state index contributed by atoms with van der Waals surface area (Å²) >= 11 is 0. The number of likely N-dealkylation sites (tertiary alicyclic amines) is 1. The minimum atomic E-state index is -0.700. The summed E-state index contributed by atoms with van der Waals surface area (Å²) in [5, 5.41) is 12.3. The number of fused-ring (bicyclic) bond motifs is 2. The van der Waals surface area contributed by atoms with E-state index in [0.29, 0.717) is 12.8 Å². The first-order valence-corrected chi connectivity index (χ1v) is 10.4. The average molecular weight is 370 g/mol. The summed E-state index contributed by atoms with van der Waals surface area (Å²) in [6.45, 7) is 1.63. The maximum Gasteiger partial charge on any atom is 0.317 e. The van der Waals surface area contributed by atoms with Gasteiger partial charge in [-0.2, -0.15) is 0 Å². The van der Waals surface area contributed by atoms with E-state index in [1.165, 1.54) is 17.5 Å². The molecule has 0 radical (unpaired) electrons. The number of carboxylic acids is 1. The number of hydrogen-bond donors (Lipinski definition) is 2. The van der Waals surface area contributed by atoms with Crippen molar-refractivity contribution >= 4 is 12.0 Å². The van der Waals surface area contributed by atoms with E-state index >= 15 is 0 Å². The van der Waals surface area contributed by atoms with Crippen LogP contribution in [-0.4, -0.2) is 41.1 Å². The number of nitrogens with one attached hydrogen (secondary N) is 1. The second kappa shape index (κ2) is 7.53. The van der Waals surface area contributed by atoms with Crippen molar-refractivity contribution in [1.29, 1.82) is 0 Å². The van der Waals surface area contributed by atoms with Crippen LogP contribution in [0.5, 0.6) is 0 Å². The molecule has 2 amide bonds. The second-order valence-corrected chi connectivity index (χ2v) is 8.65. The summed E-state index contributed by atoms with van der Waals surface area (Å²) in [7, 11) is 0. The largest absolute Gasteiger partial charge is 0.481 e. The first-order chi connectivity index (χ1) is 13.1. The summed E-state index contributed by atoms with van der Waals surface area (Å²) < 4.78 is 0. The standard InChI is InChI=1S/C22H30N2O3/c25-20(26)17-8-10-18(11-9-17)23-21(27)24-14-4-13-22(15-24)12-3-6-16-5-1-2-7-19(16)22/h1-2,5,7,17-18H,3-4,6,8-15H2,(H,23,27)(H,25,26). The molecular weight excluding hydrogens is 340 g/mol. The Bertz CT molecular complexity index is 711. The molecule has 3 aliphatic rings. The summed E-state index contributed by atoms with van der Waals surface area (Å²) in [6.07, 6.45) is 8.59. The highest BCUT2D eigenvalue weighted by molar-refractivity contribution is 5.75. The molecule has 1 saturated carbocycles. The molecule has 1 spiro atoms.